The number of rotatable bonds is 7. The van der Waals surface area contributed by atoms with Crippen LogP contribution in [0.2, 0.25) is 0 Å². The van der Waals surface area contributed by atoms with Crippen molar-refractivity contribution in [3.05, 3.63) is 40.2 Å². The van der Waals surface area contributed by atoms with Crippen LogP contribution >= 0.6 is 0 Å². The van der Waals surface area contributed by atoms with Gasteiger partial charge in [-0.1, -0.05) is 13.0 Å². The first-order chi connectivity index (χ1) is 14.5. The maximum absolute atomic E-state index is 11.8. The summed E-state index contributed by atoms with van der Waals surface area (Å²) in [6, 6.07) is 6.08. The van der Waals surface area contributed by atoms with Crippen LogP contribution < -0.4 is 19.7 Å². The summed E-state index contributed by atoms with van der Waals surface area (Å²) in [6.45, 7) is 7.93. The van der Waals surface area contributed by atoms with Gasteiger partial charge in [0, 0.05) is 38.8 Å². The van der Waals surface area contributed by atoms with Gasteiger partial charge in [-0.05, 0) is 31.0 Å². The quantitative estimate of drug-likeness (QED) is 0.540. The molecule has 10 heteroatoms. The fourth-order valence-corrected chi connectivity index (χ4v) is 3.63. The van der Waals surface area contributed by atoms with Crippen LogP contribution in [0.25, 0.3) is 0 Å². The van der Waals surface area contributed by atoms with Crippen LogP contribution in [0.3, 0.4) is 0 Å². The highest BCUT2D eigenvalue weighted by Gasteiger charge is 2.29. The Kier molecular flexibility index (Phi) is 5.84. The Hall–Kier alpha value is -3.14. The second kappa shape index (κ2) is 8.70. The summed E-state index contributed by atoms with van der Waals surface area (Å²) in [5.41, 5.74) is 1.10. The number of fused-ring (bicyclic) bond motifs is 1. The van der Waals surface area contributed by atoms with Crippen molar-refractivity contribution in [2.45, 2.75) is 32.9 Å². The van der Waals surface area contributed by atoms with Crippen molar-refractivity contribution >= 4 is 17.3 Å². The lowest BCUT2D eigenvalue weighted by atomic mass is 10.1. The summed E-state index contributed by atoms with van der Waals surface area (Å²) in [6.07, 6.45) is 2.24. The predicted octanol–water partition coefficient (Wildman–Crippen LogP) is 2.65. The molecule has 1 aromatic heterocycles. The van der Waals surface area contributed by atoms with Crippen molar-refractivity contribution in [3.8, 4) is 11.5 Å². The monoisotopic (exact) mass is 414 g/mol. The molecular formula is C20H26N6O4. The molecule has 1 N–H and O–H groups in total. The SMILES string of the molecule is CCC(C)Nc1ncnc(N2CCN(Cc3ccc4c(c3)OCO4)CC2)c1[N+](=O)[O-]. The van der Waals surface area contributed by atoms with Gasteiger partial charge in [-0.2, -0.15) is 0 Å². The number of benzene rings is 1. The molecule has 4 rings (SSSR count). The van der Waals surface area contributed by atoms with Crippen LogP contribution in [0.15, 0.2) is 24.5 Å². The zero-order valence-corrected chi connectivity index (χ0v) is 17.2. The molecule has 1 atom stereocenters. The van der Waals surface area contributed by atoms with E-state index in [1.165, 1.54) is 6.33 Å². The first-order valence-corrected chi connectivity index (χ1v) is 10.2. The molecule has 30 heavy (non-hydrogen) atoms. The van der Waals surface area contributed by atoms with Crippen LogP contribution in [-0.2, 0) is 6.54 Å². The molecule has 1 fully saturated rings. The third-order valence-electron chi connectivity index (χ3n) is 5.50. The first-order valence-electron chi connectivity index (χ1n) is 10.2. The Morgan fingerprint density at radius 1 is 1.20 bits per heavy atom. The zero-order chi connectivity index (χ0) is 21.1. The van der Waals surface area contributed by atoms with Crippen LogP contribution in [0, 0.1) is 10.1 Å². The highest BCUT2D eigenvalue weighted by atomic mass is 16.7. The van der Waals surface area contributed by atoms with E-state index in [4.69, 9.17) is 9.47 Å². The van der Waals surface area contributed by atoms with E-state index in [1.807, 2.05) is 36.9 Å². The molecule has 2 aliphatic rings. The van der Waals surface area contributed by atoms with Gasteiger partial charge in [0.05, 0.1) is 4.92 Å². The maximum atomic E-state index is 11.8. The molecule has 3 heterocycles. The number of nitrogens with one attached hydrogen (secondary N) is 1. The van der Waals surface area contributed by atoms with E-state index >= 15 is 0 Å². The van der Waals surface area contributed by atoms with Gasteiger partial charge in [0.2, 0.25) is 18.4 Å². The van der Waals surface area contributed by atoms with Crippen molar-refractivity contribution in [1.29, 1.82) is 0 Å². The molecule has 1 aromatic carbocycles. The molecule has 2 aliphatic heterocycles. The standard InChI is InChI=1S/C20H26N6O4/c1-3-14(2)23-19-18(26(27)28)20(22-12-21-19)25-8-6-24(7-9-25)11-15-4-5-16-17(10-15)30-13-29-16/h4-5,10,12,14H,3,6-9,11,13H2,1-2H3,(H,21,22,23). The number of nitro groups is 1. The van der Waals surface area contributed by atoms with Crippen LogP contribution in [0.4, 0.5) is 17.3 Å². The molecule has 0 spiro atoms. The Morgan fingerprint density at radius 3 is 2.70 bits per heavy atom. The van der Waals surface area contributed by atoms with Crippen molar-refractivity contribution < 1.29 is 14.4 Å². The Balaban J connectivity index is 1.43. The fraction of sp³-hybridized carbons (Fsp3) is 0.500. The smallest absolute Gasteiger partial charge is 0.353 e. The topological polar surface area (TPSA) is 106 Å². The average Bonchev–Trinajstić information content (AvgIpc) is 3.22. The zero-order valence-electron chi connectivity index (χ0n) is 17.2. The molecular weight excluding hydrogens is 388 g/mol. The Labute approximate surface area is 175 Å². The number of aromatic nitrogens is 2. The van der Waals surface area contributed by atoms with Gasteiger partial charge in [-0.15, -0.1) is 0 Å². The maximum Gasteiger partial charge on any atom is 0.353 e. The minimum Gasteiger partial charge on any atom is -0.454 e. The summed E-state index contributed by atoms with van der Waals surface area (Å²) in [7, 11) is 0. The molecule has 2 aromatic rings. The van der Waals surface area contributed by atoms with Gasteiger partial charge in [-0.25, -0.2) is 9.97 Å². The number of hydrogen-bond acceptors (Lipinski definition) is 9. The van der Waals surface area contributed by atoms with Crippen molar-refractivity contribution in [3.63, 3.8) is 0 Å². The number of anilines is 2. The molecule has 0 bridgehead atoms. The third kappa shape index (κ3) is 4.23. The minimum absolute atomic E-state index is 0.0537. The highest BCUT2D eigenvalue weighted by Crippen LogP contribution is 2.34. The lowest BCUT2D eigenvalue weighted by molar-refractivity contribution is -0.383. The second-order valence-electron chi connectivity index (χ2n) is 7.56. The third-order valence-corrected chi connectivity index (χ3v) is 5.50. The average molecular weight is 414 g/mol. The normalized spacial score (nSPS) is 17.1. The van der Waals surface area contributed by atoms with Gasteiger partial charge < -0.3 is 19.7 Å². The molecule has 0 radical (unpaired) electrons. The van der Waals surface area contributed by atoms with E-state index in [9.17, 15) is 10.1 Å². The van der Waals surface area contributed by atoms with Gasteiger partial charge >= 0.3 is 5.69 Å². The Bertz CT molecular complexity index is 916. The number of hydrogen-bond donors (Lipinski definition) is 1. The molecule has 0 amide bonds. The second-order valence-corrected chi connectivity index (χ2v) is 7.56. The summed E-state index contributed by atoms with van der Waals surface area (Å²) in [5.74, 6) is 2.22. The summed E-state index contributed by atoms with van der Waals surface area (Å²) in [4.78, 5) is 24.0. The molecule has 160 valence electrons. The number of ether oxygens (including phenoxy) is 2. The number of nitrogens with zero attached hydrogens (tertiary/aromatic N) is 5. The van der Waals surface area contributed by atoms with Crippen LogP contribution in [0.1, 0.15) is 25.8 Å². The lowest BCUT2D eigenvalue weighted by Gasteiger charge is -2.35. The van der Waals surface area contributed by atoms with Gasteiger partial charge in [-0.3, -0.25) is 15.0 Å². The Morgan fingerprint density at radius 2 is 1.97 bits per heavy atom. The number of piperazine rings is 1. The van der Waals surface area contributed by atoms with E-state index < -0.39 is 0 Å². The largest absolute Gasteiger partial charge is 0.454 e. The molecule has 0 saturated carbocycles. The fourth-order valence-electron chi connectivity index (χ4n) is 3.63. The summed E-state index contributed by atoms with van der Waals surface area (Å²) >= 11 is 0. The van der Waals surface area contributed by atoms with Gasteiger partial charge in [0.1, 0.15) is 6.33 Å². The van der Waals surface area contributed by atoms with Crippen LogP contribution in [-0.4, -0.2) is 58.8 Å². The summed E-state index contributed by atoms with van der Waals surface area (Å²) in [5, 5.41) is 14.9. The first kappa shape index (κ1) is 20.1. The van der Waals surface area contributed by atoms with E-state index in [0.29, 0.717) is 18.9 Å². The van der Waals surface area contributed by atoms with E-state index in [1.54, 1.807) is 0 Å². The van der Waals surface area contributed by atoms with E-state index in [-0.39, 0.29) is 29.3 Å². The van der Waals surface area contributed by atoms with Crippen molar-refractivity contribution in [2.75, 3.05) is 43.2 Å². The minimum atomic E-state index is -0.390. The van der Waals surface area contributed by atoms with E-state index in [0.717, 1.165) is 43.1 Å². The van der Waals surface area contributed by atoms with Crippen LogP contribution in [0.5, 0.6) is 11.5 Å². The molecule has 0 aliphatic carbocycles. The highest BCUT2D eigenvalue weighted by molar-refractivity contribution is 5.70. The van der Waals surface area contributed by atoms with E-state index in [2.05, 4.69) is 20.2 Å². The van der Waals surface area contributed by atoms with Crippen molar-refractivity contribution in [2.24, 2.45) is 0 Å². The van der Waals surface area contributed by atoms with Crippen molar-refractivity contribution in [1.82, 2.24) is 14.9 Å². The van der Waals surface area contributed by atoms with Gasteiger partial charge in [0.15, 0.2) is 11.5 Å². The molecule has 1 saturated heterocycles. The molecule has 10 nitrogen and oxygen atoms in total. The molecule has 1 unspecified atom stereocenters. The predicted molar refractivity (Wildman–Crippen MR) is 112 cm³/mol. The lowest BCUT2D eigenvalue weighted by Crippen LogP contribution is -2.46. The summed E-state index contributed by atoms with van der Waals surface area (Å²) < 4.78 is 10.8. The van der Waals surface area contributed by atoms with Gasteiger partial charge in [0.25, 0.3) is 0 Å².